The minimum Gasteiger partial charge on any atom is -0.487 e. The summed E-state index contributed by atoms with van der Waals surface area (Å²) in [5.74, 6) is 1.82. The van der Waals surface area contributed by atoms with Crippen LogP contribution in [0, 0.1) is 0 Å². The predicted molar refractivity (Wildman–Crippen MR) is 74.8 cm³/mol. The van der Waals surface area contributed by atoms with Crippen molar-refractivity contribution in [1.29, 1.82) is 0 Å². The molecule has 1 aromatic rings. The Morgan fingerprint density at radius 3 is 2.84 bits per heavy atom. The average Bonchev–Trinajstić information content (AvgIpc) is 2.34. The van der Waals surface area contributed by atoms with Crippen LogP contribution in [0.5, 0.6) is 5.75 Å². The number of benzene rings is 1. The van der Waals surface area contributed by atoms with E-state index in [1.165, 1.54) is 6.07 Å². The number of esters is 1. The quantitative estimate of drug-likeness (QED) is 0.847. The zero-order chi connectivity index (χ0) is 13.8. The second-order valence-corrected chi connectivity index (χ2v) is 5.60. The first-order chi connectivity index (χ1) is 9.11. The molecule has 0 aliphatic carbocycles. The predicted octanol–water partition coefficient (Wildman–Crippen LogP) is 2.43. The molecule has 1 aliphatic rings. The van der Waals surface area contributed by atoms with E-state index < -0.39 is 12.1 Å². The van der Waals surface area contributed by atoms with E-state index in [9.17, 15) is 9.90 Å². The van der Waals surface area contributed by atoms with Crippen molar-refractivity contribution in [2.45, 2.75) is 19.1 Å². The second kappa shape index (κ2) is 6.50. The molecule has 1 saturated heterocycles. The molecule has 0 spiro atoms. The molecule has 4 nitrogen and oxygen atoms in total. The summed E-state index contributed by atoms with van der Waals surface area (Å²) in [6.45, 7) is 1.91. The third-order valence-corrected chi connectivity index (χ3v) is 4.19. The first-order valence-electron chi connectivity index (χ1n) is 6.00. The number of aliphatic hydroxyl groups is 1. The Bertz CT molecular complexity index is 462. The van der Waals surface area contributed by atoms with Gasteiger partial charge in [0, 0.05) is 11.5 Å². The molecule has 0 saturated carbocycles. The molecular weight excluding hydrogens is 288 g/mol. The molecule has 19 heavy (non-hydrogen) atoms. The molecule has 1 aliphatic heterocycles. The monoisotopic (exact) mass is 302 g/mol. The van der Waals surface area contributed by atoms with Crippen LogP contribution in [-0.4, -0.2) is 35.3 Å². The number of hydrogen-bond donors (Lipinski definition) is 1. The number of rotatable bonds is 5. The van der Waals surface area contributed by atoms with Gasteiger partial charge in [-0.25, -0.2) is 4.79 Å². The van der Waals surface area contributed by atoms with Crippen molar-refractivity contribution in [2.24, 2.45) is 0 Å². The van der Waals surface area contributed by atoms with E-state index in [4.69, 9.17) is 21.1 Å². The van der Waals surface area contributed by atoms with E-state index in [2.05, 4.69) is 0 Å². The van der Waals surface area contributed by atoms with Gasteiger partial charge in [0.1, 0.15) is 11.9 Å². The third kappa shape index (κ3) is 3.55. The van der Waals surface area contributed by atoms with Crippen molar-refractivity contribution in [2.75, 3.05) is 18.1 Å². The molecule has 0 aromatic heterocycles. The van der Waals surface area contributed by atoms with E-state index in [1.54, 1.807) is 19.1 Å². The summed E-state index contributed by atoms with van der Waals surface area (Å²) < 4.78 is 10.4. The number of thioether (sulfide) groups is 1. The largest absolute Gasteiger partial charge is 0.487 e. The smallest absolute Gasteiger partial charge is 0.339 e. The molecule has 1 N–H and O–H groups in total. The van der Waals surface area contributed by atoms with Gasteiger partial charge in [-0.2, -0.15) is 11.8 Å². The van der Waals surface area contributed by atoms with Gasteiger partial charge in [-0.1, -0.05) is 17.7 Å². The summed E-state index contributed by atoms with van der Waals surface area (Å²) in [4.78, 5) is 11.4. The van der Waals surface area contributed by atoms with Crippen molar-refractivity contribution in [1.82, 2.24) is 0 Å². The van der Waals surface area contributed by atoms with Gasteiger partial charge in [0.05, 0.1) is 11.6 Å². The maximum absolute atomic E-state index is 11.4. The van der Waals surface area contributed by atoms with Crippen molar-refractivity contribution in [3.05, 3.63) is 28.8 Å². The highest BCUT2D eigenvalue weighted by molar-refractivity contribution is 8.00. The van der Waals surface area contributed by atoms with Gasteiger partial charge in [-0.3, -0.25) is 0 Å². The normalized spacial score (nSPS) is 16.6. The zero-order valence-electron chi connectivity index (χ0n) is 10.5. The number of aliphatic hydroxyl groups excluding tert-OH is 1. The van der Waals surface area contributed by atoms with Crippen molar-refractivity contribution >= 4 is 29.3 Å². The lowest BCUT2D eigenvalue weighted by molar-refractivity contribution is -0.153. The van der Waals surface area contributed by atoms with E-state index >= 15 is 0 Å². The fourth-order valence-corrected chi connectivity index (χ4v) is 2.40. The molecule has 1 heterocycles. The summed E-state index contributed by atoms with van der Waals surface area (Å²) in [6.07, 6.45) is -1.12. The van der Waals surface area contributed by atoms with E-state index in [0.717, 1.165) is 11.5 Å². The van der Waals surface area contributed by atoms with Gasteiger partial charge in [-0.15, -0.1) is 0 Å². The van der Waals surface area contributed by atoms with Crippen LogP contribution in [0.3, 0.4) is 0 Å². The van der Waals surface area contributed by atoms with Crippen LogP contribution in [0.2, 0.25) is 5.02 Å². The molecule has 6 heteroatoms. The lowest BCUT2D eigenvalue weighted by Gasteiger charge is -2.26. The fourth-order valence-electron chi connectivity index (χ4n) is 1.60. The first-order valence-corrected chi connectivity index (χ1v) is 7.53. The highest BCUT2D eigenvalue weighted by atomic mass is 35.5. The standard InChI is InChI=1S/C13H15ClO4S/c1-2-17-13(16)12(15)8-3-4-11(10(14)5-8)18-9-6-19-7-9/h3-5,9,12,15H,2,6-7H2,1H3. The summed E-state index contributed by atoms with van der Waals surface area (Å²) in [7, 11) is 0. The molecule has 0 amide bonds. The van der Waals surface area contributed by atoms with E-state index in [0.29, 0.717) is 16.3 Å². The van der Waals surface area contributed by atoms with Crippen LogP contribution < -0.4 is 4.74 Å². The minimum absolute atomic E-state index is 0.198. The number of ether oxygens (including phenoxy) is 2. The van der Waals surface area contributed by atoms with Crippen molar-refractivity contribution in [3.63, 3.8) is 0 Å². The lowest BCUT2D eigenvalue weighted by atomic mass is 10.1. The van der Waals surface area contributed by atoms with Crippen LogP contribution in [0.15, 0.2) is 18.2 Å². The van der Waals surface area contributed by atoms with Crippen LogP contribution in [0.4, 0.5) is 0 Å². The summed E-state index contributed by atoms with van der Waals surface area (Å²) in [5, 5.41) is 10.2. The van der Waals surface area contributed by atoms with Crippen LogP contribution >= 0.6 is 23.4 Å². The van der Waals surface area contributed by atoms with Crippen LogP contribution in [0.25, 0.3) is 0 Å². The number of carbonyl (C=O) groups is 1. The zero-order valence-corrected chi connectivity index (χ0v) is 12.0. The van der Waals surface area contributed by atoms with Gasteiger partial charge in [0.15, 0.2) is 6.10 Å². The second-order valence-electron chi connectivity index (χ2n) is 4.12. The summed E-state index contributed by atoms with van der Waals surface area (Å²) >= 11 is 7.90. The van der Waals surface area contributed by atoms with Gasteiger partial charge >= 0.3 is 5.97 Å². The number of carbonyl (C=O) groups excluding carboxylic acids is 1. The van der Waals surface area contributed by atoms with Gasteiger partial charge in [0.2, 0.25) is 0 Å². The summed E-state index contributed by atoms with van der Waals surface area (Å²) in [5.41, 5.74) is 0.402. The SMILES string of the molecule is CCOC(=O)C(O)c1ccc(OC2CSC2)c(Cl)c1. The molecule has 104 valence electrons. The Balaban J connectivity index is 2.06. The molecule has 0 radical (unpaired) electrons. The van der Waals surface area contributed by atoms with Gasteiger partial charge in [0.25, 0.3) is 0 Å². The topological polar surface area (TPSA) is 55.8 Å². The average molecular weight is 303 g/mol. The summed E-state index contributed by atoms with van der Waals surface area (Å²) in [6, 6.07) is 4.82. The van der Waals surface area contributed by atoms with Gasteiger partial charge < -0.3 is 14.6 Å². The third-order valence-electron chi connectivity index (χ3n) is 2.68. The molecule has 2 rings (SSSR count). The Morgan fingerprint density at radius 1 is 1.58 bits per heavy atom. The fraction of sp³-hybridized carbons (Fsp3) is 0.462. The van der Waals surface area contributed by atoms with Gasteiger partial charge in [-0.05, 0) is 24.6 Å². The first kappa shape index (κ1) is 14.5. The molecular formula is C13H15ClO4S. The Morgan fingerprint density at radius 2 is 2.32 bits per heavy atom. The molecule has 1 unspecified atom stereocenters. The van der Waals surface area contributed by atoms with E-state index in [1.807, 2.05) is 11.8 Å². The van der Waals surface area contributed by atoms with Crippen LogP contribution in [-0.2, 0) is 9.53 Å². The lowest BCUT2D eigenvalue weighted by Crippen LogP contribution is -2.31. The maximum Gasteiger partial charge on any atom is 0.339 e. The highest BCUT2D eigenvalue weighted by Gasteiger charge is 2.23. The molecule has 1 atom stereocenters. The Labute approximate surface area is 121 Å². The highest BCUT2D eigenvalue weighted by Crippen LogP contribution is 2.31. The minimum atomic E-state index is -1.31. The Kier molecular flexibility index (Phi) is 4.96. The van der Waals surface area contributed by atoms with Crippen molar-refractivity contribution in [3.8, 4) is 5.75 Å². The molecule has 1 fully saturated rings. The maximum atomic E-state index is 11.4. The Hall–Kier alpha value is -0.910. The number of hydrogen-bond acceptors (Lipinski definition) is 5. The number of halogens is 1. The molecule has 0 bridgehead atoms. The van der Waals surface area contributed by atoms with Crippen molar-refractivity contribution < 1.29 is 19.4 Å². The van der Waals surface area contributed by atoms with Crippen LogP contribution in [0.1, 0.15) is 18.6 Å². The van der Waals surface area contributed by atoms with E-state index in [-0.39, 0.29) is 12.7 Å². The molecule has 1 aromatic carbocycles.